The second-order valence-electron chi connectivity index (χ2n) is 9.51. The van der Waals surface area contributed by atoms with Gasteiger partial charge in [0.25, 0.3) is 0 Å². The number of hydrogen-bond acceptors (Lipinski definition) is 4. The van der Waals surface area contributed by atoms with E-state index in [1.54, 1.807) is 48.3 Å². The van der Waals surface area contributed by atoms with Crippen molar-refractivity contribution < 1.29 is 22.3 Å². The van der Waals surface area contributed by atoms with Gasteiger partial charge < -0.3 is 9.64 Å². The normalized spacial score (nSPS) is 15.8. The molecule has 6 nitrogen and oxygen atoms in total. The molecule has 3 aromatic carbocycles. The number of sulfonamides is 1. The van der Waals surface area contributed by atoms with Crippen molar-refractivity contribution in [2.75, 3.05) is 26.7 Å². The molecule has 1 aliphatic rings. The molecular weight excluding hydrogens is 559 g/mol. The summed E-state index contributed by atoms with van der Waals surface area (Å²) in [6.45, 7) is 1.27. The zero-order valence-electron chi connectivity index (χ0n) is 20.6. The first-order valence-electron chi connectivity index (χ1n) is 12.1. The second-order valence-corrected chi connectivity index (χ2v) is 12.4. The van der Waals surface area contributed by atoms with E-state index >= 15 is 0 Å². The predicted molar refractivity (Wildman–Crippen MR) is 144 cm³/mol. The van der Waals surface area contributed by atoms with Crippen LogP contribution in [0.4, 0.5) is 4.39 Å². The van der Waals surface area contributed by atoms with Gasteiger partial charge in [-0.05, 0) is 66.9 Å². The number of carbonyl (C=O) groups excluding carboxylic acids is 1. The van der Waals surface area contributed by atoms with Crippen LogP contribution in [0.25, 0.3) is 0 Å². The third-order valence-electron chi connectivity index (χ3n) is 6.81. The number of hydrogen-bond donors (Lipinski definition) is 0. The Morgan fingerprint density at radius 2 is 1.62 bits per heavy atom. The minimum Gasteiger partial charge on any atom is -0.493 e. The molecule has 0 aliphatic carbocycles. The molecule has 0 aromatic heterocycles. The first-order chi connectivity index (χ1) is 17.7. The van der Waals surface area contributed by atoms with E-state index in [1.165, 1.54) is 16.4 Å². The molecule has 0 radical (unpaired) electrons. The lowest BCUT2D eigenvalue weighted by atomic mass is 9.76. The van der Waals surface area contributed by atoms with E-state index in [9.17, 15) is 17.6 Å². The summed E-state index contributed by atoms with van der Waals surface area (Å²) in [6.07, 6.45) is 1.16. The summed E-state index contributed by atoms with van der Waals surface area (Å²) in [5.41, 5.74) is 0.479. The third-order valence-corrected chi connectivity index (χ3v) is 9.25. The summed E-state index contributed by atoms with van der Waals surface area (Å²) in [6, 6.07) is 22.1. The van der Waals surface area contributed by atoms with E-state index < -0.39 is 15.4 Å². The van der Waals surface area contributed by atoms with Crippen LogP contribution in [0, 0.1) is 11.2 Å². The average molecular weight is 590 g/mol. The number of carbonyl (C=O) groups is 1. The quantitative estimate of drug-likeness (QED) is 0.331. The smallest absolute Gasteiger partial charge is 0.243 e. The number of ether oxygens (including phenoxy) is 1. The van der Waals surface area contributed by atoms with Crippen molar-refractivity contribution in [3.8, 4) is 5.75 Å². The number of benzene rings is 3. The van der Waals surface area contributed by atoms with Crippen LogP contribution in [0.15, 0.2) is 88.2 Å². The first-order valence-corrected chi connectivity index (χ1v) is 14.3. The van der Waals surface area contributed by atoms with Gasteiger partial charge in [-0.3, -0.25) is 4.79 Å². The maximum Gasteiger partial charge on any atom is 0.243 e. The molecule has 0 bridgehead atoms. The van der Waals surface area contributed by atoms with Crippen LogP contribution in [-0.2, 0) is 21.4 Å². The van der Waals surface area contributed by atoms with E-state index in [0.29, 0.717) is 25.1 Å². The summed E-state index contributed by atoms with van der Waals surface area (Å²) in [4.78, 5) is 15.2. The van der Waals surface area contributed by atoms with Gasteiger partial charge in [0, 0.05) is 43.0 Å². The number of rotatable bonds is 9. The molecule has 1 saturated heterocycles. The molecule has 1 fully saturated rings. The summed E-state index contributed by atoms with van der Waals surface area (Å²) in [5.74, 6) is 0.123. The molecule has 0 atom stereocenters. The zero-order chi connectivity index (χ0) is 26.5. The van der Waals surface area contributed by atoms with E-state index in [4.69, 9.17) is 4.74 Å². The van der Waals surface area contributed by atoms with Gasteiger partial charge in [-0.15, -0.1) is 0 Å². The largest absolute Gasteiger partial charge is 0.493 e. The van der Waals surface area contributed by atoms with Crippen molar-refractivity contribution >= 4 is 31.9 Å². The predicted octanol–water partition coefficient (Wildman–Crippen LogP) is 5.49. The highest BCUT2D eigenvalue weighted by molar-refractivity contribution is 9.10. The summed E-state index contributed by atoms with van der Waals surface area (Å²) < 4.78 is 48.1. The molecule has 0 spiro atoms. The standard InChI is InChI=1S/C28H30BrFN2O4S/c1-31(20-22-5-3-2-4-6-22)27(33)19-28(21-36-25-11-9-24(30)10-12-25)15-17-32(18-16-28)37(34,35)26-13-7-23(29)8-14-26/h2-14H,15-21H2,1H3. The molecule has 0 saturated carbocycles. The van der Waals surface area contributed by atoms with E-state index in [2.05, 4.69) is 15.9 Å². The Morgan fingerprint density at radius 3 is 2.24 bits per heavy atom. The third kappa shape index (κ3) is 6.97. The molecule has 9 heteroatoms. The molecule has 1 amide bonds. The Labute approximate surface area is 226 Å². The minimum atomic E-state index is -3.65. The fourth-order valence-corrected chi connectivity index (χ4v) is 6.20. The molecule has 3 aromatic rings. The second kappa shape index (κ2) is 11.8. The van der Waals surface area contributed by atoms with Crippen molar-refractivity contribution in [1.82, 2.24) is 9.21 Å². The fraction of sp³-hybridized carbons (Fsp3) is 0.321. The summed E-state index contributed by atoms with van der Waals surface area (Å²) >= 11 is 3.34. The highest BCUT2D eigenvalue weighted by Crippen LogP contribution is 2.38. The van der Waals surface area contributed by atoms with Crippen molar-refractivity contribution in [1.29, 1.82) is 0 Å². The molecule has 1 heterocycles. The minimum absolute atomic E-state index is 0.0317. The van der Waals surface area contributed by atoms with E-state index in [0.717, 1.165) is 10.0 Å². The number of nitrogens with zero attached hydrogens (tertiary/aromatic N) is 2. The Hall–Kier alpha value is -2.75. The van der Waals surface area contributed by atoms with Crippen molar-refractivity contribution in [3.05, 3.63) is 94.7 Å². The topological polar surface area (TPSA) is 66.9 Å². The van der Waals surface area contributed by atoms with Crippen LogP contribution >= 0.6 is 15.9 Å². The lowest BCUT2D eigenvalue weighted by molar-refractivity contribution is -0.134. The maximum absolute atomic E-state index is 13.3. The maximum atomic E-state index is 13.3. The number of piperidine rings is 1. The van der Waals surface area contributed by atoms with Crippen LogP contribution in [0.1, 0.15) is 24.8 Å². The highest BCUT2D eigenvalue weighted by Gasteiger charge is 2.41. The van der Waals surface area contributed by atoms with Crippen LogP contribution in [0.3, 0.4) is 0 Å². The summed E-state index contributed by atoms with van der Waals surface area (Å²) in [5, 5.41) is 0. The van der Waals surface area contributed by atoms with Crippen molar-refractivity contribution in [2.24, 2.45) is 5.41 Å². The van der Waals surface area contributed by atoms with E-state index in [1.807, 2.05) is 30.3 Å². The van der Waals surface area contributed by atoms with Gasteiger partial charge >= 0.3 is 0 Å². The van der Waals surface area contributed by atoms with Gasteiger partial charge in [-0.2, -0.15) is 4.31 Å². The zero-order valence-corrected chi connectivity index (χ0v) is 23.0. The molecule has 0 unspecified atom stereocenters. The molecule has 0 N–H and O–H groups in total. The van der Waals surface area contributed by atoms with Crippen LogP contribution < -0.4 is 4.74 Å². The van der Waals surface area contributed by atoms with Crippen LogP contribution in [0.5, 0.6) is 5.75 Å². The average Bonchev–Trinajstić information content (AvgIpc) is 2.89. The summed E-state index contributed by atoms with van der Waals surface area (Å²) in [7, 11) is -1.88. The Balaban J connectivity index is 1.48. The van der Waals surface area contributed by atoms with Gasteiger partial charge in [0.2, 0.25) is 15.9 Å². The van der Waals surface area contributed by atoms with Crippen LogP contribution in [-0.4, -0.2) is 50.3 Å². The lowest BCUT2D eigenvalue weighted by Gasteiger charge is -2.41. The number of amides is 1. The fourth-order valence-electron chi connectivity index (χ4n) is 4.50. The van der Waals surface area contributed by atoms with Gasteiger partial charge in [0.1, 0.15) is 11.6 Å². The Morgan fingerprint density at radius 1 is 1.00 bits per heavy atom. The van der Waals surface area contributed by atoms with Gasteiger partial charge in [0.05, 0.1) is 11.5 Å². The monoisotopic (exact) mass is 588 g/mol. The molecule has 4 rings (SSSR count). The van der Waals surface area contributed by atoms with Crippen molar-refractivity contribution in [3.63, 3.8) is 0 Å². The highest BCUT2D eigenvalue weighted by atomic mass is 79.9. The first kappa shape index (κ1) is 27.3. The van der Waals surface area contributed by atoms with Gasteiger partial charge in [-0.1, -0.05) is 46.3 Å². The Kier molecular flexibility index (Phi) is 8.67. The molecule has 1 aliphatic heterocycles. The van der Waals surface area contributed by atoms with Crippen LogP contribution in [0.2, 0.25) is 0 Å². The number of halogens is 2. The lowest BCUT2D eigenvalue weighted by Crippen LogP contribution is -2.47. The van der Waals surface area contributed by atoms with Crippen molar-refractivity contribution in [2.45, 2.75) is 30.7 Å². The molecule has 37 heavy (non-hydrogen) atoms. The van der Waals surface area contributed by atoms with E-state index in [-0.39, 0.29) is 42.7 Å². The van der Waals surface area contributed by atoms with Gasteiger partial charge in [-0.25, -0.2) is 12.8 Å². The molecular formula is C28H30BrFN2O4S. The SMILES string of the molecule is CN(Cc1ccccc1)C(=O)CC1(COc2ccc(F)cc2)CCN(S(=O)(=O)c2ccc(Br)cc2)CC1. The Bertz CT molecular complexity index is 1290. The molecule has 196 valence electrons. The van der Waals surface area contributed by atoms with Gasteiger partial charge in [0.15, 0.2) is 0 Å².